The Labute approximate surface area is 123 Å². The highest BCUT2D eigenvalue weighted by molar-refractivity contribution is 8.14. The first-order chi connectivity index (χ1) is 9.36. The second-order valence-electron chi connectivity index (χ2n) is 3.72. The van der Waals surface area contributed by atoms with Crippen molar-refractivity contribution in [1.29, 1.82) is 0 Å². The van der Waals surface area contributed by atoms with E-state index >= 15 is 0 Å². The normalized spacial score (nSPS) is 11.3. The van der Waals surface area contributed by atoms with Gasteiger partial charge in [0.15, 0.2) is 0 Å². The smallest absolute Gasteiger partial charge is 0.349 e. The van der Waals surface area contributed by atoms with Crippen LogP contribution in [0, 0.1) is 5.82 Å². The van der Waals surface area contributed by atoms with E-state index in [4.69, 9.17) is 10.7 Å². The van der Waals surface area contributed by atoms with Gasteiger partial charge in [0.2, 0.25) is 0 Å². The average molecular weight is 335 g/mol. The molecule has 4 nitrogen and oxygen atoms in total. The first-order valence-corrected chi connectivity index (χ1v) is 8.44. The van der Waals surface area contributed by atoms with Crippen molar-refractivity contribution in [2.24, 2.45) is 0 Å². The van der Waals surface area contributed by atoms with Crippen molar-refractivity contribution in [3.63, 3.8) is 0 Å². The van der Waals surface area contributed by atoms with Gasteiger partial charge in [-0.1, -0.05) is 18.2 Å². The van der Waals surface area contributed by atoms with Crippen molar-refractivity contribution in [3.05, 3.63) is 40.3 Å². The molecule has 0 aliphatic heterocycles. The molecule has 2 rings (SSSR count). The van der Waals surface area contributed by atoms with Gasteiger partial charge in [-0.15, -0.1) is 11.3 Å². The van der Waals surface area contributed by atoms with Crippen LogP contribution in [0.15, 0.2) is 34.5 Å². The van der Waals surface area contributed by atoms with Crippen molar-refractivity contribution in [2.75, 3.05) is 7.11 Å². The second-order valence-corrected chi connectivity index (χ2v) is 7.10. The van der Waals surface area contributed by atoms with Crippen LogP contribution in [0.1, 0.15) is 9.67 Å². The fraction of sp³-hybridized carbons (Fsp3) is 0.0833. The lowest BCUT2D eigenvalue weighted by atomic mass is 10.1. The Morgan fingerprint density at radius 1 is 1.30 bits per heavy atom. The van der Waals surface area contributed by atoms with Crippen LogP contribution in [0.2, 0.25) is 0 Å². The van der Waals surface area contributed by atoms with Gasteiger partial charge in [0, 0.05) is 27.2 Å². The third kappa shape index (κ3) is 2.70. The number of benzene rings is 1. The van der Waals surface area contributed by atoms with E-state index in [0.29, 0.717) is 0 Å². The average Bonchev–Trinajstić information content (AvgIpc) is 2.83. The van der Waals surface area contributed by atoms with Crippen molar-refractivity contribution in [1.82, 2.24) is 0 Å². The molecule has 0 bridgehead atoms. The lowest BCUT2D eigenvalue weighted by Crippen LogP contribution is -2.05. The van der Waals surface area contributed by atoms with Crippen molar-refractivity contribution < 1.29 is 22.3 Å². The molecule has 0 N–H and O–H groups in total. The molecule has 0 atom stereocenters. The number of hydrogen-bond acceptors (Lipinski definition) is 5. The highest BCUT2D eigenvalue weighted by atomic mass is 35.7. The number of rotatable bonds is 3. The predicted molar refractivity (Wildman–Crippen MR) is 74.1 cm³/mol. The summed E-state index contributed by atoms with van der Waals surface area (Å²) in [6, 6.07) is 5.62. The zero-order chi connectivity index (χ0) is 14.9. The Morgan fingerprint density at radius 2 is 1.95 bits per heavy atom. The molecule has 1 aromatic heterocycles. The third-order valence-corrected chi connectivity index (χ3v) is 4.99. The van der Waals surface area contributed by atoms with Crippen LogP contribution in [0.5, 0.6) is 0 Å². The van der Waals surface area contributed by atoms with E-state index in [0.717, 1.165) is 18.4 Å². The summed E-state index contributed by atoms with van der Waals surface area (Å²) in [5.74, 6) is -1.44. The predicted octanol–water partition coefficient (Wildman–Crippen LogP) is 3.27. The first-order valence-electron chi connectivity index (χ1n) is 5.25. The number of methoxy groups -OCH3 is 1. The number of carbonyl (C=O) groups is 1. The van der Waals surface area contributed by atoms with Gasteiger partial charge in [0.1, 0.15) is 15.6 Å². The molecule has 0 fully saturated rings. The van der Waals surface area contributed by atoms with Crippen LogP contribution >= 0.6 is 22.0 Å². The Morgan fingerprint density at radius 3 is 2.50 bits per heavy atom. The SMILES string of the molecule is COC(=O)c1scc(-c2ccccc2F)c1S(=O)(=O)Cl. The number of thiophene rings is 1. The molecule has 1 aromatic carbocycles. The van der Waals surface area contributed by atoms with Crippen LogP contribution in [0.3, 0.4) is 0 Å². The lowest BCUT2D eigenvalue weighted by molar-refractivity contribution is 0.0602. The third-order valence-electron chi connectivity index (χ3n) is 2.52. The molecule has 0 spiro atoms. The summed E-state index contributed by atoms with van der Waals surface area (Å²) >= 11 is 0.834. The fourth-order valence-electron chi connectivity index (χ4n) is 1.69. The van der Waals surface area contributed by atoms with Gasteiger partial charge in [-0.3, -0.25) is 0 Å². The maximum absolute atomic E-state index is 13.8. The van der Waals surface area contributed by atoms with Crippen LogP contribution in [0.4, 0.5) is 4.39 Å². The van der Waals surface area contributed by atoms with Crippen LogP contribution in [0.25, 0.3) is 11.1 Å². The minimum absolute atomic E-state index is 0.0449. The summed E-state index contributed by atoms with van der Waals surface area (Å²) in [7, 11) is 2.26. The van der Waals surface area contributed by atoms with E-state index in [1.54, 1.807) is 6.07 Å². The Hall–Kier alpha value is -1.44. The van der Waals surface area contributed by atoms with Gasteiger partial charge in [-0.25, -0.2) is 17.6 Å². The van der Waals surface area contributed by atoms with Gasteiger partial charge in [-0.05, 0) is 6.07 Å². The van der Waals surface area contributed by atoms with Crippen molar-refractivity contribution in [3.8, 4) is 11.1 Å². The van der Waals surface area contributed by atoms with E-state index in [1.807, 2.05) is 0 Å². The monoisotopic (exact) mass is 334 g/mol. The Bertz CT molecular complexity index is 768. The maximum Gasteiger partial charge on any atom is 0.349 e. The molecule has 0 saturated carbocycles. The van der Waals surface area contributed by atoms with E-state index in [1.165, 1.54) is 23.6 Å². The summed E-state index contributed by atoms with van der Waals surface area (Å²) in [6.07, 6.45) is 0. The molecule has 2 aromatic rings. The minimum Gasteiger partial charge on any atom is -0.465 e. The highest BCUT2D eigenvalue weighted by Crippen LogP contribution is 2.38. The van der Waals surface area contributed by atoms with E-state index in [-0.39, 0.29) is 16.0 Å². The van der Waals surface area contributed by atoms with Crippen molar-refractivity contribution in [2.45, 2.75) is 4.90 Å². The van der Waals surface area contributed by atoms with Gasteiger partial charge >= 0.3 is 5.97 Å². The molecule has 0 saturated heterocycles. The topological polar surface area (TPSA) is 60.4 Å². The molecular weight excluding hydrogens is 327 g/mol. The van der Waals surface area contributed by atoms with Gasteiger partial charge < -0.3 is 4.74 Å². The summed E-state index contributed by atoms with van der Waals surface area (Å²) in [5.41, 5.74) is 0.0987. The Balaban J connectivity index is 2.77. The van der Waals surface area contributed by atoms with Crippen LogP contribution in [-0.4, -0.2) is 21.5 Å². The quantitative estimate of drug-likeness (QED) is 0.638. The number of esters is 1. The molecule has 0 amide bonds. The van der Waals surface area contributed by atoms with E-state index < -0.39 is 25.7 Å². The molecule has 0 aliphatic rings. The van der Waals surface area contributed by atoms with Crippen LogP contribution in [-0.2, 0) is 13.8 Å². The maximum atomic E-state index is 13.8. The standard InChI is InChI=1S/C12H8ClFO4S2/c1-18-12(15)10-11(20(13,16)17)8(6-19-10)7-4-2-3-5-9(7)14/h2-6H,1H3. The molecular formula is C12H8ClFO4S2. The zero-order valence-electron chi connectivity index (χ0n) is 10.1. The zero-order valence-corrected chi connectivity index (χ0v) is 12.5. The van der Waals surface area contributed by atoms with E-state index in [9.17, 15) is 17.6 Å². The molecule has 20 heavy (non-hydrogen) atoms. The number of ether oxygens (including phenoxy) is 1. The molecule has 0 aliphatic carbocycles. The molecule has 106 valence electrons. The molecule has 0 radical (unpaired) electrons. The summed E-state index contributed by atoms with van der Waals surface area (Å²) in [6.45, 7) is 0. The summed E-state index contributed by atoms with van der Waals surface area (Å²) in [4.78, 5) is 11.0. The number of carbonyl (C=O) groups excluding carboxylic acids is 1. The highest BCUT2D eigenvalue weighted by Gasteiger charge is 2.29. The van der Waals surface area contributed by atoms with Crippen LogP contribution < -0.4 is 0 Å². The van der Waals surface area contributed by atoms with Gasteiger partial charge in [-0.2, -0.15) is 0 Å². The Kier molecular flexibility index (Phi) is 4.12. The summed E-state index contributed by atoms with van der Waals surface area (Å²) in [5, 5.41) is 1.36. The molecule has 1 heterocycles. The molecule has 8 heteroatoms. The van der Waals surface area contributed by atoms with E-state index in [2.05, 4.69) is 4.74 Å². The number of halogens is 2. The lowest BCUT2D eigenvalue weighted by Gasteiger charge is -2.04. The fourth-order valence-corrected chi connectivity index (χ4v) is 4.47. The second kappa shape index (κ2) is 5.51. The first kappa shape index (κ1) is 15.0. The minimum atomic E-state index is -4.23. The van der Waals surface area contributed by atoms with Gasteiger partial charge in [0.05, 0.1) is 7.11 Å². The summed E-state index contributed by atoms with van der Waals surface area (Å²) < 4.78 is 41.7. The van der Waals surface area contributed by atoms with Gasteiger partial charge in [0.25, 0.3) is 9.05 Å². The van der Waals surface area contributed by atoms with Crippen molar-refractivity contribution >= 4 is 37.0 Å². The largest absolute Gasteiger partial charge is 0.465 e. The number of hydrogen-bond donors (Lipinski definition) is 0. The molecule has 0 unspecified atom stereocenters.